The number of rotatable bonds is 10. The van der Waals surface area contributed by atoms with E-state index in [9.17, 15) is 39.3 Å². The van der Waals surface area contributed by atoms with Crippen molar-refractivity contribution in [3.8, 4) is 0 Å². The first-order valence-corrected chi connectivity index (χ1v) is 20.3. The molecule has 61 heavy (non-hydrogen) atoms. The Labute approximate surface area is 353 Å². The Morgan fingerprint density at radius 3 is 1.97 bits per heavy atom. The number of fused-ring (bicyclic) bond motifs is 5. The molecule has 3 aromatic carbocycles. The zero-order valence-electron chi connectivity index (χ0n) is 34.8. The Balaban J connectivity index is 1.38. The number of hydrogen-bond acceptors (Lipinski definition) is 13. The molecule has 4 N–H and O–H groups in total. The lowest BCUT2D eigenvalue weighted by Gasteiger charge is -2.67. The van der Waals surface area contributed by atoms with Crippen molar-refractivity contribution >= 4 is 35.4 Å². The molecule has 14 nitrogen and oxygen atoms in total. The number of carbonyl (C=O) groups is 6. The molecule has 2 saturated carbocycles. The van der Waals surface area contributed by atoms with Crippen LogP contribution in [0.25, 0.3) is 0 Å². The fourth-order valence-corrected chi connectivity index (χ4v) is 10.4. The molecule has 0 aromatic heterocycles. The van der Waals surface area contributed by atoms with Gasteiger partial charge in [0.15, 0.2) is 17.5 Å². The first-order valence-electron chi connectivity index (χ1n) is 20.3. The molecule has 7 rings (SSSR count). The minimum atomic E-state index is -2.35. The summed E-state index contributed by atoms with van der Waals surface area (Å²) in [5.41, 5.74) is -6.70. The van der Waals surface area contributed by atoms with E-state index >= 15 is 4.79 Å². The molecule has 14 heteroatoms. The van der Waals surface area contributed by atoms with Crippen molar-refractivity contribution in [2.75, 3.05) is 6.61 Å². The summed E-state index contributed by atoms with van der Waals surface area (Å²) in [5.74, 6) is -8.05. The molecule has 4 aliphatic rings. The number of hydrogen-bond donors (Lipinski definition) is 4. The highest BCUT2D eigenvalue weighted by Crippen LogP contribution is 2.65. The second-order valence-corrected chi connectivity index (χ2v) is 17.4. The second-order valence-electron chi connectivity index (χ2n) is 17.4. The molecule has 3 aliphatic carbocycles. The number of aliphatic hydroxyl groups is 3. The fraction of sp³-hybridized carbons (Fsp3) is 0.447. The number of aliphatic hydroxyl groups excluding tert-OH is 2. The molecular weight excluding hydrogens is 787 g/mol. The Hall–Kier alpha value is -5.54. The van der Waals surface area contributed by atoms with Gasteiger partial charge in [-0.2, -0.15) is 0 Å². The standard InChI is InChI=1S/C47H51NO13/c1-25-31(59-43(56)37(52)36(28-16-10-7-11-17-28)48-41(54)29-18-12-8-13-19-29)23-47(57)40(60-42(55)30-20-14-9-15-21-30)38-45(6,39(53)34(26(2)49)35(25)44(47,4)5)32(51)22-33-46(38,24-58-33)61-27(3)50/h7-21,31-34,36-38,40,51-52,57H,22-24H2,1-6H3,(H,48,54)/t31?,32-,33?,34+,36-,37+,38-,40-,45?,46+,47+/m0/s1. The number of ether oxygens (including phenoxy) is 4. The average molecular weight is 838 g/mol. The zero-order valence-corrected chi connectivity index (χ0v) is 34.8. The lowest BCUT2D eigenvalue weighted by Crippen LogP contribution is -2.81. The van der Waals surface area contributed by atoms with E-state index in [1.165, 1.54) is 26.0 Å². The lowest BCUT2D eigenvalue weighted by atomic mass is 9.43. The van der Waals surface area contributed by atoms with Crippen molar-refractivity contribution < 1.29 is 63.0 Å². The van der Waals surface area contributed by atoms with Gasteiger partial charge in [-0.05, 0) is 61.7 Å². The smallest absolute Gasteiger partial charge is 0.338 e. The highest BCUT2D eigenvalue weighted by molar-refractivity contribution is 6.08. The molecule has 1 saturated heterocycles. The first kappa shape index (κ1) is 43.5. The number of nitrogens with one attached hydrogen (secondary N) is 1. The van der Waals surface area contributed by atoms with E-state index in [1.54, 1.807) is 99.6 Å². The van der Waals surface area contributed by atoms with Crippen molar-refractivity contribution in [2.24, 2.45) is 22.7 Å². The summed E-state index contributed by atoms with van der Waals surface area (Å²) >= 11 is 0. The normalized spacial score (nSPS) is 32.2. The molecule has 322 valence electrons. The Morgan fingerprint density at radius 2 is 1.43 bits per heavy atom. The SMILES string of the molecule is CC(=O)O[C@]12COC1C[C@H](O)C1(C)C(=O)[C@H](C(C)=O)C3=C(C)C(OC(=O)[C@H](O)[C@@H](NC(=O)c4ccccc4)c4ccccc4)C[C@@](O)([C@@H](OC(=O)c4ccccc4)[C@@H]12)C3(C)C. The molecule has 3 unspecified atom stereocenters. The third kappa shape index (κ3) is 7.08. The maximum Gasteiger partial charge on any atom is 0.338 e. The van der Waals surface area contributed by atoms with E-state index in [1.807, 2.05) is 0 Å². The van der Waals surface area contributed by atoms with Crippen LogP contribution in [-0.2, 0) is 38.1 Å². The minimum Gasteiger partial charge on any atom is -0.456 e. The van der Waals surface area contributed by atoms with Crippen molar-refractivity contribution in [1.82, 2.24) is 5.32 Å². The number of Topliss-reactive ketones (excluding diaryl/α,β-unsaturated/α-hetero) is 2. The van der Waals surface area contributed by atoms with E-state index in [2.05, 4.69) is 5.32 Å². The van der Waals surface area contributed by atoms with Crippen molar-refractivity contribution in [2.45, 2.75) is 102 Å². The van der Waals surface area contributed by atoms with Crippen LogP contribution >= 0.6 is 0 Å². The third-order valence-corrected chi connectivity index (χ3v) is 13.7. The van der Waals surface area contributed by atoms with Crippen LogP contribution in [0.5, 0.6) is 0 Å². The topological polar surface area (TPSA) is 212 Å². The van der Waals surface area contributed by atoms with Crippen LogP contribution in [-0.4, -0.2) is 99.0 Å². The first-order chi connectivity index (χ1) is 28.8. The summed E-state index contributed by atoms with van der Waals surface area (Å²) < 4.78 is 24.4. The fourth-order valence-electron chi connectivity index (χ4n) is 10.4. The second kappa shape index (κ2) is 16.1. The molecule has 1 heterocycles. The van der Waals surface area contributed by atoms with Gasteiger partial charge in [0.25, 0.3) is 5.91 Å². The van der Waals surface area contributed by atoms with Gasteiger partial charge in [-0.15, -0.1) is 0 Å². The summed E-state index contributed by atoms with van der Waals surface area (Å²) in [6.07, 6.45) is -8.50. The molecule has 1 amide bonds. The molecule has 1 aliphatic heterocycles. The number of ketones is 2. The maximum absolute atomic E-state index is 15.4. The highest BCUT2D eigenvalue weighted by Gasteiger charge is 2.78. The Bertz CT molecular complexity index is 2260. The molecular formula is C47H51NO13. The average Bonchev–Trinajstić information content (AvgIpc) is 3.23. The van der Waals surface area contributed by atoms with Gasteiger partial charge in [0, 0.05) is 30.7 Å². The quantitative estimate of drug-likeness (QED) is 0.0986. The van der Waals surface area contributed by atoms with Crippen molar-refractivity contribution in [3.63, 3.8) is 0 Å². The van der Waals surface area contributed by atoms with Crippen LogP contribution in [0, 0.1) is 22.7 Å². The van der Waals surface area contributed by atoms with Crippen LogP contribution in [0.2, 0.25) is 0 Å². The van der Waals surface area contributed by atoms with E-state index < -0.39 is 112 Å². The van der Waals surface area contributed by atoms with Gasteiger partial charge in [0.1, 0.15) is 29.7 Å². The third-order valence-electron chi connectivity index (χ3n) is 13.7. The largest absolute Gasteiger partial charge is 0.456 e. The van der Waals surface area contributed by atoms with E-state index in [0.717, 1.165) is 6.92 Å². The van der Waals surface area contributed by atoms with E-state index in [4.69, 9.17) is 18.9 Å². The summed E-state index contributed by atoms with van der Waals surface area (Å²) in [6.45, 7) is 8.23. The van der Waals surface area contributed by atoms with E-state index in [-0.39, 0.29) is 35.3 Å². The van der Waals surface area contributed by atoms with Gasteiger partial charge >= 0.3 is 17.9 Å². The number of amides is 1. The van der Waals surface area contributed by atoms with Gasteiger partial charge in [-0.3, -0.25) is 19.2 Å². The monoisotopic (exact) mass is 837 g/mol. The molecule has 0 spiro atoms. The Morgan fingerprint density at radius 1 is 0.852 bits per heavy atom. The molecule has 3 fully saturated rings. The summed E-state index contributed by atoms with van der Waals surface area (Å²) in [6, 6.07) is 23.1. The van der Waals surface area contributed by atoms with Crippen molar-refractivity contribution in [1.29, 1.82) is 0 Å². The van der Waals surface area contributed by atoms with Gasteiger partial charge in [0.2, 0.25) is 0 Å². The number of carbonyl (C=O) groups excluding carboxylic acids is 6. The van der Waals surface area contributed by atoms with Crippen LogP contribution in [0.4, 0.5) is 0 Å². The Kier molecular flexibility index (Phi) is 11.5. The van der Waals surface area contributed by atoms with Crippen molar-refractivity contribution in [3.05, 3.63) is 119 Å². The maximum atomic E-state index is 15.4. The number of benzene rings is 3. The number of esters is 3. The summed E-state index contributed by atoms with van der Waals surface area (Å²) in [4.78, 5) is 84.4. The summed E-state index contributed by atoms with van der Waals surface area (Å²) in [5, 5.41) is 40.2. The van der Waals surface area contributed by atoms with E-state index in [0.29, 0.717) is 5.56 Å². The highest BCUT2D eigenvalue weighted by atomic mass is 16.6. The predicted molar refractivity (Wildman–Crippen MR) is 216 cm³/mol. The minimum absolute atomic E-state index is 0.0733. The summed E-state index contributed by atoms with van der Waals surface area (Å²) in [7, 11) is 0. The predicted octanol–water partition coefficient (Wildman–Crippen LogP) is 4.01. The van der Waals surface area contributed by atoms with Crippen LogP contribution in [0.1, 0.15) is 86.7 Å². The van der Waals surface area contributed by atoms with Gasteiger partial charge in [-0.1, -0.05) is 80.6 Å². The zero-order chi connectivity index (χ0) is 44.2. The van der Waals surface area contributed by atoms with Gasteiger partial charge in [-0.25, -0.2) is 9.59 Å². The molecule has 3 aromatic rings. The van der Waals surface area contributed by atoms with Crippen LogP contribution in [0.15, 0.2) is 102 Å². The lowest BCUT2D eigenvalue weighted by molar-refractivity contribution is -0.345. The molecule has 0 radical (unpaired) electrons. The van der Waals surface area contributed by atoms with Crippen LogP contribution in [0.3, 0.4) is 0 Å². The van der Waals surface area contributed by atoms with Crippen LogP contribution < -0.4 is 5.32 Å². The van der Waals surface area contributed by atoms with Gasteiger partial charge in [0.05, 0.1) is 41.6 Å². The molecule has 11 atom stereocenters. The molecule has 2 bridgehead atoms. The van der Waals surface area contributed by atoms with Gasteiger partial charge < -0.3 is 39.6 Å².